The van der Waals surface area contributed by atoms with E-state index in [4.69, 9.17) is 16.9 Å². The summed E-state index contributed by atoms with van der Waals surface area (Å²) in [6.07, 6.45) is 6.64. The third-order valence-corrected chi connectivity index (χ3v) is 6.96. The molecule has 10 N–H and O–H groups in total. The molecule has 4 atom stereocenters. The van der Waals surface area contributed by atoms with Crippen molar-refractivity contribution in [3.8, 4) is 0 Å². The number of nitrogens with two attached hydrogens (primary N) is 2. The zero-order valence-corrected chi connectivity index (χ0v) is 22.7. The molecular weight excluding hydrogens is 490 g/mol. The molecule has 2 heterocycles. The van der Waals surface area contributed by atoms with E-state index in [0.29, 0.717) is 45.4 Å². The second kappa shape index (κ2) is 16.9. The highest BCUT2D eigenvalue weighted by Gasteiger charge is 2.37. The maximum absolute atomic E-state index is 13.2. The highest BCUT2D eigenvalue weighted by atomic mass is 16.2. The number of unbranched alkanes of at least 4 members (excludes halogenated alkanes) is 3. The number of guanidine groups is 1. The summed E-state index contributed by atoms with van der Waals surface area (Å²) in [7, 11) is 0. The maximum atomic E-state index is 13.2. The highest BCUT2D eigenvalue weighted by molar-refractivity contribution is 5.94. The number of Topliss-reactive ketones (excluding diaryl/α,β-unsaturated/α-hetero) is 1. The third kappa shape index (κ3) is 10.9. The lowest BCUT2D eigenvalue weighted by Gasteiger charge is -2.40. The summed E-state index contributed by atoms with van der Waals surface area (Å²) in [4.78, 5) is 52.7. The molecule has 0 aromatic heterocycles. The first-order chi connectivity index (χ1) is 18.2. The summed E-state index contributed by atoms with van der Waals surface area (Å²) in [6, 6.07) is -1.82. The van der Waals surface area contributed by atoms with E-state index in [1.807, 2.05) is 4.90 Å². The van der Waals surface area contributed by atoms with Gasteiger partial charge in [0.05, 0.1) is 24.7 Å². The lowest BCUT2D eigenvalue weighted by Crippen LogP contribution is -2.66. The molecule has 0 aromatic carbocycles. The van der Waals surface area contributed by atoms with Crippen molar-refractivity contribution in [2.24, 2.45) is 11.5 Å². The van der Waals surface area contributed by atoms with Gasteiger partial charge in [-0.15, -0.1) is 0 Å². The molecule has 0 spiro atoms. The lowest BCUT2D eigenvalue weighted by molar-refractivity contribution is -0.136. The van der Waals surface area contributed by atoms with Crippen molar-refractivity contribution >= 4 is 29.5 Å². The Balaban J connectivity index is 1.96. The minimum absolute atomic E-state index is 0.00795. The van der Waals surface area contributed by atoms with Crippen LogP contribution in [0.1, 0.15) is 64.7 Å². The van der Waals surface area contributed by atoms with Crippen molar-refractivity contribution < 1.29 is 19.2 Å². The van der Waals surface area contributed by atoms with Crippen LogP contribution in [0.2, 0.25) is 0 Å². The molecule has 216 valence electrons. The van der Waals surface area contributed by atoms with Crippen LogP contribution in [0.15, 0.2) is 0 Å². The number of hydrogen-bond acceptors (Lipinski definition) is 8. The van der Waals surface area contributed by atoms with E-state index in [1.54, 1.807) is 0 Å². The van der Waals surface area contributed by atoms with Gasteiger partial charge in [0.2, 0.25) is 17.7 Å². The number of carbonyl (C=O) groups is 4. The van der Waals surface area contributed by atoms with Gasteiger partial charge in [-0.05, 0) is 38.6 Å². The fourth-order valence-electron chi connectivity index (χ4n) is 4.80. The Bertz CT molecular complexity index is 810. The van der Waals surface area contributed by atoms with Gasteiger partial charge >= 0.3 is 0 Å². The molecule has 2 fully saturated rings. The summed E-state index contributed by atoms with van der Waals surface area (Å²) in [5.74, 6) is -0.756. The Morgan fingerprint density at radius 1 is 1.05 bits per heavy atom. The molecule has 0 radical (unpaired) electrons. The van der Waals surface area contributed by atoms with E-state index in [0.717, 1.165) is 38.5 Å². The van der Waals surface area contributed by atoms with Crippen molar-refractivity contribution in [2.45, 2.75) is 88.9 Å². The number of carbonyl (C=O) groups excluding carboxylic acids is 4. The van der Waals surface area contributed by atoms with Crippen molar-refractivity contribution in [1.82, 2.24) is 31.5 Å². The minimum Gasteiger partial charge on any atom is -0.370 e. The molecule has 13 nitrogen and oxygen atoms in total. The first-order valence-electron chi connectivity index (χ1n) is 13.9. The van der Waals surface area contributed by atoms with Gasteiger partial charge in [0, 0.05) is 32.6 Å². The van der Waals surface area contributed by atoms with Crippen molar-refractivity contribution in [2.75, 3.05) is 39.3 Å². The zero-order valence-electron chi connectivity index (χ0n) is 22.7. The first kappa shape index (κ1) is 31.4. The van der Waals surface area contributed by atoms with E-state index in [-0.39, 0.29) is 54.6 Å². The van der Waals surface area contributed by atoms with Crippen molar-refractivity contribution in [3.05, 3.63) is 0 Å². The van der Waals surface area contributed by atoms with Crippen molar-refractivity contribution in [1.29, 1.82) is 5.41 Å². The monoisotopic (exact) mass is 537 g/mol. The van der Waals surface area contributed by atoms with Crippen LogP contribution >= 0.6 is 0 Å². The van der Waals surface area contributed by atoms with Crippen molar-refractivity contribution in [3.63, 3.8) is 0 Å². The largest absolute Gasteiger partial charge is 0.370 e. The molecule has 3 amide bonds. The van der Waals surface area contributed by atoms with Gasteiger partial charge in [-0.1, -0.05) is 26.2 Å². The minimum atomic E-state index is -0.655. The molecule has 0 aliphatic carbocycles. The van der Waals surface area contributed by atoms with Gasteiger partial charge in [0.25, 0.3) is 0 Å². The number of piperazine rings is 2. The second-order valence-electron chi connectivity index (χ2n) is 10.2. The molecule has 0 aromatic rings. The van der Waals surface area contributed by atoms with Crippen LogP contribution in [0.5, 0.6) is 0 Å². The van der Waals surface area contributed by atoms with Crippen LogP contribution in [0.25, 0.3) is 0 Å². The normalized spacial score (nSPS) is 23.8. The Hall–Kier alpha value is -2.77. The van der Waals surface area contributed by atoms with E-state index < -0.39 is 12.1 Å². The number of nitrogens with one attached hydrogen (secondary N) is 6. The molecule has 0 unspecified atom stereocenters. The zero-order chi connectivity index (χ0) is 27.9. The highest BCUT2D eigenvalue weighted by Crippen LogP contribution is 2.15. The molecule has 13 heteroatoms. The predicted molar refractivity (Wildman–Crippen MR) is 145 cm³/mol. The number of nitrogens with zero attached hydrogens (tertiary/aromatic N) is 1. The fraction of sp³-hybridized carbons (Fsp3) is 0.800. The molecule has 2 saturated heterocycles. The SMILES string of the molecule is CCCC[C@@H]1NC[C@H](C(=O)CN2C[C@H](CNC(=O)CCCCCN)NC(=O)[C@@H]2CCCNC(=N)N)NC1=O. The maximum Gasteiger partial charge on any atom is 0.237 e. The van der Waals surface area contributed by atoms with Crippen LogP contribution in [0.3, 0.4) is 0 Å². The van der Waals surface area contributed by atoms with Gasteiger partial charge in [0.1, 0.15) is 6.04 Å². The molecule has 0 bridgehead atoms. The first-order valence-corrected chi connectivity index (χ1v) is 13.9. The number of ketones is 1. The topological polar surface area (TPSA) is 208 Å². The van der Waals surface area contributed by atoms with Gasteiger partial charge in [-0.3, -0.25) is 29.5 Å². The summed E-state index contributed by atoms with van der Waals surface area (Å²) in [5.41, 5.74) is 10.8. The van der Waals surface area contributed by atoms with E-state index in [2.05, 4.69) is 33.5 Å². The second-order valence-corrected chi connectivity index (χ2v) is 10.2. The Morgan fingerprint density at radius 3 is 2.53 bits per heavy atom. The number of amides is 3. The van der Waals surface area contributed by atoms with Crippen LogP contribution in [-0.2, 0) is 19.2 Å². The van der Waals surface area contributed by atoms with E-state index in [9.17, 15) is 19.2 Å². The summed E-state index contributed by atoms with van der Waals surface area (Å²) in [5, 5.41) is 21.9. The summed E-state index contributed by atoms with van der Waals surface area (Å²) in [6.45, 7) is 4.14. The predicted octanol–water partition coefficient (Wildman–Crippen LogP) is -1.73. The summed E-state index contributed by atoms with van der Waals surface area (Å²) >= 11 is 0. The van der Waals surface area contributed by atoms with Gasteiger partial charge in [-0.2, -0.15) is 0 Å². The van der Waals surface area contributed by atoms with Crippen LogP contribution < -0.4 is 38.1 Å². The Kier molecular flexibility index (Phi) is 14.0. The van der Waals surface area contributed by atoms with Crippen LogP contribution in [0, 0.1) is 5.41 Å². The van der Waals surface area contributed by atoms with Crippen LogP contribution in [0.4, 0.5) is 0 Å². The summed E-state index contributed by atoms with van der Waals surface area (Å²) < 4.78 is 0. The van der Waals surface area contributed by atoms with Gasteiger partial charge in [-0.25, -0.2) is 0 Å². The molecule has 2 rings (SSSR count). The molecular formula is C25H47N9O4. The average molecular weight is 538 g/mol. The van der Waals surface area contributed by atoms with Gasteiger partial charge in [0.15, 0.2) is 11.7 Å². The fourth-order valence-corrected chi connectivity index (χ4v) is 4.80. The standard InChI is InChI=1S/C25H47N9O4/c1-2-3-8-18-23(37)33-19(14-30-18)21(35)16-34-15-17(13-31-22(36)10-5-4-6-11-26)32-24(38)20(34)9-7-12-29-25(27)28/h17-20,30H,2-16,26H2,1H3,(H,31,36)(H,32,38)(H,33,37)(H4,27,28,29)/t17-,18-,19+,20-/m0/s1. The van der Waals surface area contributed by atoms with E-state index >= 15 is 0 Å². The van der Waals surface area contributed by atoms with Gasteiger partial charge < -0.3 is 38.1 Å². The Labute approximate surface area is 225 Å². The number of hydrogen-bond donors (Lipinski definition) is 8. The molecule has 38 heavy (non-hydrogen) atoms. The quantitative estimate of drug-likeness (QED) is 0.0601. The molecule has 2 aliphatic heterocycles. The lowest BCUT2D eigenvalue weighted by atomic mass is 10.00. The molecule has 2 aliphatic rings. The molecule has 0 saturated carbocycles. The van der Waals surface area contributed by atoms with E-state index in [1.165, 1.54) is 0 Å². The third-order valence-electron chi connectivity index (χ3n) is 6.96. The Morgan fingerprint density at radius 2 is 1.84 bits per heavy atom. The average Bonchev–Trinajstić information content (AvgIpc) is 2.88. The van der Waals surface area contributed by atoms with Crippen LogP contribution in [-0.4, -0.2) is 97.8 Å². The number of rotatable bonds is 17. The smallest absolute Gasteiger partial charge is 0.237 e.